The summed E-state index contributed by atoms with van der Waals surface area (Å²) >= 11 is 0. The van der Waals surface area contributed by atoms with Gasteiger partial charge in [0.15, 0.2) is 11.5 Å². The quantitative estimate of drug-likeness (QED) is 0.748. The summed E-state index contributed by atoms with van der Waals surface area (Å²) in [5.41, 5.74) is 0. The maximum absolute atomic E-state index is 8.99. The molecule has 2 rings (SSSR count). The third kappa shape index (κ3) is 3.66. The maximum atomic E-state index is 8.99. The average Bonchev–Trinajstić information content (AvgIpc) is 2.76. The topological polar surface area (TPSA) is 38.7 Å². The summed E-state index contributed by atoms with van der Waals surface area (Å²) in [5, 5.41) is 8.99. The van der Waals surface area contributed by atoms with E-state index in [0.717, 1.165) is 13.2 Å². The number of methoxy groups -OCH3 is 1. The second-order valence-corrected chi connectivity index (χ2v) is 2.99. The highest BCUT2D eigenvalue weighted by Crippen LogP contribution is 2.22. The summed E-state index contributed by atoms with van der Waals surface area (Å²) in [4.78, 5) is 0. The van der Waals surface area contributed by atoms with Crippen LogP contribution >= 0.6 is 0 Å². The molecule has 78 valence electrons. The molecule has 0 aromatic heterocycles. The number of rotatable bonds is 1. The van der Waals surface area contributed by atoms with Crippen LogP contribution in [0.1, 0.15) is 12.8 Å². The molecule has 3 nitrogen and oxygen atoms in total. The van der Waals surface area contributed by atoms with E-state index in [1.807, 2.05) is 0 Å². The summed E-state index contributed by atoms with van der Waals surface area (Å²) in [6.07, 6.45) is 2.56. The number of hydrogen-bond acceptors (Lipinski definition) is 3. The predicted molar refractivity (Wildman–Crippen MR) is 54.7 cm³/mol. The fraction of sp³-hybridized carbons (Fsp3) is 0.455. The van der Waals surface area contributed by atoms with Crippen LogP contribution < -0.4 is 4.74 Å². The van der Waals surface area contributed by atoms with Crippen LogP contribution in [0, 0.1) is 0 Å². The lowest BCUT2D eigenvalue weighted by atomic mass is 10.3. The predicted octanol–water partition coefficient (Wildman–Crippen LogP) is 2.20. The van der Waals surface area contributed by atoms with Crippen LogP contribution in [0.5, 0.6) is 11.5 Å². The second kappa shape index (κ2) is 6.27. The molecule has 3 heteroatoms. The molecule has 0 spiro atoms. The molecule has 0 amide bonds. The van der Waals surface area contributed by atoms with Crippen LogP contribution in [0.15, 0.2) is 24.3 Å². The van der Waals surface area contributed by atoms with E-state index in [0.29, 0.717) is 5.75 Å². The lowest BCUT2D eigenvalue weighted by molar-refractivity contribution is 0.198. The van der Waals surface area contributed by atoms with Crippen molar-refractivity contribution in [2.75, 3.05) is 20.3 Å². The zero-order valence-corrected chi connectivity index (χ0v) is 8.40. The molecule has 0 saturated carbocycles. The Labute approximate surface area is 84.3 Å². The first kappa shape index (κ1) is 10.9. The summed E-state index contributed by atoms with van der Waals surface area (Å²) < 4.78 is 9.74. The molecule has 0 aliphatic carbocycles. The third-order valence-corrected chi connectivity index (χ3v) is 1.91. The number of phenolic OH excluding ortho intramolecular Hbond substituents is 1. The Hall–Kier alpha value is -1.22. The Morgan fingerprint density at radius 1 is 1.21 bits per heavy atom. The highest BCUT2D eigenvalue weighted by molar-refractivity contribution is 5.37. The van der Waals surface area contributed by atoms with Crippen molar-refractivity contribution in [1.29, 1.82) is 0 Å². The Balaban J connectivity index is 0.000000165. The number of aromatic hydroxyl groups is 1. The Morgan fingerprint density at radius 3 is 2.21 bits per heavy atom. The van der Waals surface area contributed by atoms with Gasteiger partial charge in [0, 0.05) is 13.2 Å². The van der Waals surface area contributed by atoms with Crippen LogP contribution in [0.3, 0.4) is 0 Å². The van der Waals surface area contributed by atoms with Crippen molar-refractivity contribution < 1.29 is 14.6 Å². The number of para-hydroxylation sites is 2. The van der Waals surface area contributed by atoms with Gasteiger partial charge in [0.1, 0.15) is 0 Å². The van der Waals surface area contributed by atoms with Gasteiger partial charge in [-0.25, -0.2) is 0 Å². The zero-order chi connectivity index (χ0) is 10.2. The van der Waals surface area contributed by atoms with Crippen LogP contribution in [0.25, 0.3) is 0 Å². The minimum atomic E-state index is 0.181. The Kier molecular flexibility index (Phi) is 4.86. The molecule has 0 unspecified atom stereocenters. The highest BCUT2D eigenvalue weighted by atomic mass is 16.5. The average molecular weight is 196 g/mol. The van der Waals surface area contributed by atoms with Crippen molar-refractivity contribution in [3.05, 3.63) is 24.3 Å². The van der Waals surface area contributed by atoms with E-state index < -0.39 is 0 Å². The molecule has 1 aromatic rings. The van der Waals surface area contributed by atoms with E-state index >= 15 is 0 Å². The molecule has 1 saturated heterocycles. The number of hydrogen-bond donors (Lipinski definition) is 1. The highest BCUT2D eigenvalue weighted by Gasteiger charge is 1.95. The van der Waals surface area contributed by atoms with Crippen molar-refractivity contribution in [1.82, 2.24) is 0 Å². The van der Waals surface area contributed by atoms with Gasteiger partial charge in [-0.05, 0) is 25.0 Å². The van der Waals surface area contributed by atoms with E-state index in [1.54, 1.807) is 24.3 Å². The van der Waals surface area contributed by atoms with Crippen LogP contribution in [-0.2, 0) is 4.74 Å². The van der Waals surface area contributed by atoms with Gasteiger partial charge >= 0.3 is 0 Å². The maximum Gasteiger partial charge on any atom is 0.160 e. The molecular weight excluding hydrogens is 180 g/mol. The first-order valence-electron chi connectivity index (χ1n) is 4.74. The lowest BCUT2D eigenvalue weighted by Gasteiger charge is -1.99. The summed E-state index contributed by atoms with van der Waals surface area (Å²) in [5.74, 6) is 0.692. The molecule has 1 aromatic carbocycles. The van der Waals surface area contributed by atoms with E-state index in [-0.39, 0.29) is 5.75 Å². The van der Waals surface area contributed by atoms with Crippen LogP contribution in [0.2, 0.25) is 0 Å². The van der Waals surface area contributed by atoms with Crippen molar-refractivity contribution in [3.63, 3.8) is 0 Å². The number of ether oxygens (including phenoxy) is 2. The van der Waals surface area contributed by atoms with E-state index in [9.17, 15) is 0 Å². The van der Waals surface area contributed by atoms with E-state index in [2.05, 4.69) is 0 Å². The molecule has 1 aliphatic heterocycles. The third-order valence-electron chi connectivity index (χ3n) is 1.91. The molecule has 0 radical (unpaired) electrons. The minimum absolute atomic E-state index is 0.181. The van der Waals surface area contributed by atoms with Crippen molar-refractivity contribution >= 4 is 0 Å². The molecule has 1 N–H and O–H groups in total. The van der Waals surface area contributed by atoms with Gasteiger partial charge < -0.3 is 14.6 Å². The fourth-order valence-corrected chi connectivity index (χ4v) is 1.14. The monoisotopic (exact) mass is 196 g/mol. The van der Waals surface area contributed by atoms with E-state index in [1.165, 1.54) is 20.0 Å². The van der Waals surface area contributed by atoms with Gasteiger partial charge in [-0.15, -0.1) is 0 Å². The van der Waals surface area contributed by atoms with Gasteiger partial charge in [-0.1, -0.05) is 12.1 Å². The second-order valence-electron chi connectivity index (χ2n) is 2.99. The molecule has 0 atom stereocenters. The first-order valence-corrected chi connectivity index (χ1v) is 4.74. The summed E-state index contributed by atoms with van der Waals surface area (Å²) in [6, 6.07) is 6.84. The molecule has 1 aliphatic rings. The molecular formula is C11H16O3. The normalized spacial score (nSPS) is 14.4. The van der Waals surface area contributed by atoms with Crippen molar-refractivity contribution in [2.45, 2.75) is 12.8 Å². The first-order chi connectivity index (χ1) is 6.84. The van der Waals surface area contributed by atoms with Gasteiger partial charge in [0.2, 0.25) is 0 Å². The van der Waals surface area contributed by atoms with Crippen molar-refractivity contribution in [3.8, 4) is 11.5 Å². The molecule has 14 heavy (non-hydrogen) atoms. The molecule has 1 heterocycles. The largest absolute Gasteiger partial charge is 0.504 e. The lowest BCUT2D eigenvalue weighted by Crippen LogP contribution is -1.80. The Bertz CT molecular complexity index is 249. The van der Waals surface area contributed by atoms with Crippen LogP contribution in [-0.4, -0.2) is 25.4 Å². The smallest absolute Gasteiger partial charge is 0.160 e. The molecule has 1 fully saturated rings. The number of benzene rings is 1. The zero-order valence-electron chi connectivity index (χ0n) is 8.40. The fourth-order valence-electron chi connectivity index (χ4n) is 1.14. The standard InChI is InChI=1S/C7H8O2.C4H8O/c1-9-7-5-3-2-4-6(7)8;1-2-4-5-3-1/h2-5,8H,1H3;1-4H2. The van der Waals surface area contributed by atoms with Crippen LogP contribution in [0.4, 0.5) is 0 Å². The van der Waals surface area contributed by atoms with Gasteiger partial charge in [-0.3, -0.25) is 0 Å². The number of phenols is 1. The van der Waals surface area contributed by atoms with Gasteiger partial charge in [0.05, 0.1) is 7.11 Å². The van der Waals surface area contributed by atoms with Crippen molar-refractivity contribution in [2.24, 2.45) is 0 Å². The van der Waals surface area contributed by atoms with Gasteiger partial charge in [-0.2, -0.15) is 0 Å². The Morgan fingerprint density at radius 2 is 1.86 bits per heavy atom. The summed E-state index contributed by atoms with van der Waals surface area (Å²) in [7, 11) is 1.52. The SMILES string of the molecule is C1CCOC1.COc1ccccc1O. The van der Waals surface area contributed by atoms with Gasteiger partial charge in [0.25, 0.3) is 0 Å². The molecule has 0 bridgehead atoms. The minimum Gasteiger partial charge on any atom is -0.504 e. The summed E-state index contributed by atoms with van der Waals surface area (Å²) in [6.45, 7) is 2.00. The van der Waals surface area contributed by atoms with E-state index in [4.69, 9.17) is 14.6 Å².